The van der Waals surface area contributed by atoms with Crippen molar-refractivity contribution in [1.82, 2.24) is 0 Å². The third-order valence-electron chi connectivity index (χ3n) is 3.90. The number of carbonyl (C=O) groups is 1. The number of nitrogens with zero attached hydrogens (tertiary/aromatic N) is 1. The van der Waals surface area contributed by atoms with Gasteiger partial charge in [-0.25, -0.2) is 0 Å². The lowest BCUT2D eigenvalue weighted by molar-refractivity contribution is -0.126. The molecule has 1 amide bonds. The van der Waals surface area contributed by atoms with E-state index in [0.717, 1.165) is 28.6 Å². The predicted octanol–water partition coefficient (Wildman–Crippen LogP) is 2.47. The number of hydrogen-bond donors (Lipinski definition) is 0. The molecule has 2 aliphatic heterocycles. The smallest absolute Gasteiger partial charge is 0.237 e. The summed E-state index contributed by atoms with van der Waals surface area (Å²) in [6.07, 6.45) is 1.58. The van der Waals surface area contributed by atoms with Crippen molar-refractivity contribution in [2.24, 2.45) is 0 Å². The molecule has 0 bridgehead atoms. The first kappa shape index (κ1) is 11.2. The monoisotopic (exact) mass is 295 g/mol. The van der Waals surface area contributed by atoms with E-state index in [0.29, 0.717) is 13.2 Å². The lowest BCUT2D eigenvalue weighted by Gasteiger charge is -2.32. The van der Waals surface area contributed by atoms with E-state index in [-0.39, 0.29) is 11.3 Å². The van der Waals surface area contributed by atoms with Gasteiger partial charge in [0.2, 0.25) is 5.91 Å². The normalized spacial score (nSPS) is 22.0. The number of amides is 1. The third kappa shape index (κ3) is 1.47. The maximum absolute atomic E-state index is 12.5. The minimum Gasteiger partial charge on any atom is -0.381 e. The highest BCUT2D eigenvalue weighted by molar-refractivity contribution is 9.10. The Morgan fingerprint density at radius 2 is 2.06 bits per heavy atom. The first-order valence-electron chi connectivity index (χ1n) is 5.81. The molecule has 1 spiro atoms. The Labute approximate surface area is 109 Å². The molecule has 0 radical (unpaired) electrons. The van der Waals surface area contributed by atoms with Crippen molar-refractivity contribution in [1.29, 1.82) is 0 Å². The number of ether oxygens (including phenoxy) is 1. The zero-order valence-electron chi connectivity index (χ0n) is 9.70. The topological polar surface area (TPSA) is 29.5 Å². The second-order valence-electron chi connectivity index (χ2n) is 4.72. The summed E-state index contributed by atoms with van der Waals surface area (Å²) in [5.41, 5.74) is 1.86. The van der Waals surface area contributed by atoms with Crippen LogP contribution in [0.15, 0.2) is 22.7 Å². The standard InChI is InChI=1S/C13H14BrNO2/c1-15-11-3-2-9(14)8-10(11)13(12(15)16)4-6-17-7-5-13/h2-3,8H,4-7H2,1H3. The molecule has 90 valence electrons. The molecular weight excluding hydrogens is 282 g/mol. The van der Waals surface area contributed by atoms with Gasteiger partial charge < -0.3 is 9.64 Å². The van der Waals surface area contributed by atoms with Gasteiger partial charge in [0.05, 0.1) is 5.41 Å². The third-order valence-corrected chi connectivity index (χ3v) is 4.39. The second kappa shape index (κ2) is 3.82. The van der Waals surface area contributed by atoms with Gasteiger partial charge in [0, 0.05) is 30.4 Å². The lowest BCUT2D eigenvalue weighted by Crippen LogP contribution is -2.42. The van der Waals surface area contributed by atoms with E-state index in [4.69, 9.17) is 4.74 Å². The van der Waals surface area contributed by atoms with Crippen LogP contribution in [0.5, 0.6) is 0 Å². The molecule has 3 nitrogen and oxygen atoms in total. The molecule has 3 rings (SSSR count). The summed E-state index contributed by atoms with van der Waals surface area (Å²) in [4.78, 5) is 14.3. The van der Waals surface area contributed by atoms with E-state index < -0.39 is 0 Å². The summed E-state index contributed by atoms with van der Waals surface area (Å²) < 4.78 is 6.44. The minimum atomic E-state index is -0.341. The van der Waals surface area contributed by atoms with Crippen LogP contribution in [-0.2, 0) is 14.9 Å². The summed E-state index contributed by atoms with van der Waals surface area (Å²) in [5.74, 6) is 0.217. The largest absolute Gasteiger partial charge is 0.381 e. The van der Waals surface area contributed by atoms with Gasteiger partial charge in [0.15, 0.2) is 0 Å². The van der Waals surface area contributed by atoms with Crippen LogP contribution in [0.25, 0.3) is 0 Å². The van der Waals surface area contributed by atoms with E-state index in [2.05, 4.69) is 22.0 Å². The van der Waals surface area contributed by atoms with Gasteiger partial charge in [-0.2, -0.15) is 0 Å². The molecule has 1 aromatic carbocycles. The SMILES string of the molecule is CN1C(=O)C2(CCOCC2)c2cc(Br)ccc21. The fourth-order valence-electron chi connectivity index (χ4n) is 2.93. The molecule has 17 heavy (non-hydrogen) atoms. The highest BCUT2D eigenvalue weighted by Crippen LogP contribution is 2.47. The molecular formula is C13H14BrNO2. The summed E-state index contributed by atoms with van der Waals surface area (Å²) in [5, 5.41) is 0. The zero-order chi connectivity index (χ0) is 12.0. The molecule has 1 saturated heterocycles. The Hall–Kier alpha value is -0.870. The lowest BCUT2D eigenvalue weighted by atomic mass is 9.75. The second-order valence-corrected chi connectivity index (χ2v) is 5.64. The number of rotatable bonds is 0. The predicted molar refractivity (Wildman–Crippen MR) is 69.3 cm³/mol. The average molecular weight is 296 g/mol. The van der Waals surface area contributed by atoms with E-state index >= 15 is 0 Å². The molecule has 0 N–H and O–H groups in total. The van der Waals surface area contributed by atoms with Crippen molar-refractivity contribution in [2.75, 3.05) is 25.2 Å². The fraction of sp³-hybridized carbons (Fsp3) is 0.462. The van der Waals surface area contributed by atoms with Crippen molar-refractivity contribution in [3.05, 3.63) is 28.2 Å². The first-order chi connectivity index (χ1) is 8.15. The number of anilines is 1. The van der Waals surface area contributed by atoms with E-state index in [1.807, 2.05) is 19.2 Å². The number of hydrogen-bond acceptors (Lipinski definition) is 2. The number of likely N-dealkylation sites (N-methyl/N-ethyl adjacent to an activating group) is 1. The van der Waals surface area contributed by atoms with Crippen molar-refractivity contribution in [3.63, 3.8) is 0 Å². The number of halogens is 1. The van der Waals surface area contributed by atoms with Gasteiger partial charge in [0.25, 0.3) is 0 Å². The summed E-state index contributed by atoms with van der Waals surface area (Å²) in [7, 11) is 1.86. The number of fused-ring (bicyclic) bond motifs is 2. The fourth-order valence-corrected chi connectivity index (χ4v) is 3.29. The van der Waals surface area contributed by atoms with Crippen molar-refractivity contribution in [2.45, 2.75) is 18.3 Å². The van der Waals surface area contributed by atoms with Crippen molar-refractivity contribution in [3.8, 4) is 0 Å². The van der Waals surface area contributed by atoms with Gasteiger partial charge in [-0.05, 0) is 36.6 Å². The van der Waals surface area contributed by atoms with Crippen LogP contribution in [0.1, 0.15) is 18.4 Å². The molecule has 1 aromatic rings. The molecule has 0 atom stereocenters. The Morgan fingerprint density at radius 1 is 1.35 bits per heavy atom. The molecule has 1 fully saturated rings. The first-order valence-corrected chi connectivity index (χ1v) is 6.60. The zero-order valence-corrected chi connectivity index (χ0v) is 11.3. The Bertz CT molecular complexity index is 480. The van der Waals surface area contributed by atoms with E-state index in [1.165, 1.54) is 0 Å². The molecule has 0 aliphatic carbocycles. The molecule has 0 saturated carbocycles. The number of carbonyl (C=O) groups excluding carboxylic acids is 1. The van der Waals surface area contributed by atoms with Crippen LogP contribution >= 0.6 is 15.9 Å². The number of benzene rings is 1. The Morgan fingerprint density at radius 3 is 2.76 bits per heavy atom. The van der Waals surface area contributed by atoms with Crippen LogP contribution < -0.4 is 4.90 Å². The highest BCUT2D eigenvalue weighted by atomic mass is 79.9. The van der Waals surface area contributed by atoms with Gasteiger partial charge >= 0.3 is 0 Å². The van der Waals surface area contributed by atoms with Crippen LogP contribution in [0, 0.1) is 0 Å². The van der Waals surface area contributed by atoms with E-state index in [9.17, 15) is 4.79 Å². The molecule has 4 heteroatoms. The van der Waals surface area contributed by atoms with Crippen LogP contribution in [0.4, 0.5) is 5.69 Å². The quantitative estimate of drug-likeness (QED) is 0.736. The minimum absolute atomic E-state index is 0.217. The maximum Gasteiger partial charge on any atom is 0.237 e. The average Bonchev–Trinajstić information content (AvgIpc) is 2.54. The highest BCUT2D eigenvalue weighted by Gasteiger charge is 2.50. The molecule has 0 aromatic heterocycles. The maximum atomic E-state index is 12.5. The van der Waals surface area contributed by atoms with Crippen molar-refractivity contribution < 1.29 is 9.53 Å². The summed E-state index contributed by atoms with van der Waals surface area (Å²) >= 11 is 3.49. The van der Waals surface area contributed by atoms with Gasteiger partial charge in [-0.1, -0.05) is 15.9 Å². The van der Waals surface area contributed by atoms with Crippen LogP contribution in [-0.4, -0.2) is 26.2 Å². The van der Waals surface area contributed by atoms with Gasteiger partial charge in [-0.3, -0.25) is 4.79 Å². The summed E-state index contributed by atoms with van der Waals surface area (Å²) in [6, 6.07) is 6.09. The molecule has 0 unspecified atom stereocenters. The van der Waals surface area contributed by atoms with Crippen LogP contribution in [0.3, 0.4) is 0 Å². The molecule has 2 heterocycles. The van der Waals surface area contributed by atoms with Crippen molar-refractivity contribution >= 4 is 27.5 Å². The Balaban J connectivity index is 2.18. The molecule has 2 aliphatic rings. The van der Waals surface area contributed by atoms with Crippen LogP contribution in [0.2, 0.25) is 0 Å². The van der Waals surface area contributed by atoms with E-state index in [1.54, 1.807) is 4.90 Å². The summed E-state index contributed by atoms with van der Waals surface area (Å²) in [6.45, 7) is 1.34. The Kier molecular flexibility index (Phi) is 2.52. The van der Waals surface area contributed by atoms with Gasteiger partial charge in [0.1, 0.15) is 0 Å². The van der Waals surface area contributed by atoms with Gasteiger partial charge in [-0.15, -0.1) is 0 Å².